The predicted molar refractivity (Wildman–Crippen MR) is 47.3 cm³/mol. The normalized spacial score (nSPS) is 22.3. The summed E-state index contributed by atoms with van der Waals surface area (Å²) in [5.41, 5.74) is 1.10. The van der Waals surface area contributed by atoms with E-state index in [2.05, 4.69) is 15.2 Å². The lowest BCUT2D eigenvalue weighted by Gasteiger charge is -2.04. The van der Waals surface area contributed by atoms with Crippen molar-refractivity contribution >= 4 is 11.7 Å². The van der Waals surface area contributed by atoms with E-state index in [0.717, 1.165) is 22.1 Å². The van der Waals surface area contributed by atoms with Crippen LogP contribution in [-0.2, 0) is 0 Å². The average molecular weight is 163 g/mol. The minimum atomic E-state index is 0.980. The molecule has 1 unspecified atom stereocenters. The molecule has 1 aliphatic heterocycles. The molecule has 0 radical (unpaired) electrons. The predicted octanol–water partition coefficient (Wildman–Crippen LogP) is -0.377. The fourth-order valence-electron chi connectivity index (χ4n) is 1.19. The Bertz CT molecular complexity index is 334. The zero-order valence-corrected chi connectivity index (χ0v) is 7.13. The number of nitrogens with one attached hydrogen (secondary N) is 2. The molecular weight excluding hydrogens is 152 g/mol. The van der Waals surface area contributed by atoms with Crippen LogP contribution in [0.2, 0.25) is 0 Å². The van der Waals surface area contributed by atoms with Crippen molar-refractivity contribution in [3.05, 3.63) is 24.0 Å². The summed E-state index contributed by atoms with van der Waals surface area (Å²) in [6, 6.07) is 2.00. The summed E-state index contributed by atoms with van der Waals surface area (Å²) in [7, 11) is 2.04. The number of aromatic nitrogens is 1. The van der Waals surface area contributed by atoms with Crippen LogP contribution in [0.15, 0.2) is 28.7 Å². The standard InChI is InChI=1S/C8H10N4/c1-6-10-11-8(12(6)2)7-3-4-9-5-7/h3-5,9H,1-2H3/p+1. The summed E-state index contributed by atoms with van der Waals surface area (Å²) in [5, 5.41) is 8.10. The molecule has 2 rings (SSSR count). The second-order valence-electron chi connectivity index (χ2n) is 2.86. The second kappa shape index (κ2) is 2.57. The number of H-pyrrole nitrogens is 1. The third-order valence-electron chi connectivity index (χ3n) is 2.07. The molecule has 0 bridgehead atoms. The van der Waals surface area contributed by atoms with Gasteiger partial charge in [-0.1, -0.05) is 10.2 Å². The van der Waals surface area contributed by atoms with E-state index in [9.17, 15) is 0 Å². The van der Waals surface area contributed by atoms with Gasteiger partial charge in [-0.15, -0.1) is 0 Å². The molecule has 2 N–H and O–H groups in total. The number of hydrogen-bond donors (Lipinski definition) is 2. The van der Waals surface area contributed by atoms with Crippen molar-refractivity contribution in [2.24, 2.45) is 10.2 Å². The molecule has 0 amide bonds. The topological polar surface area (TPSA) is 44.9 Å². The van der Waals surface area contributed by atoms with Gasteiger partial charge in [-0.25, -0.2) is 4.90 Å². The van der Waals surface area contributed by atoms with E-state index >= 15 is 0 Å². The summed E-state index contributed by atoms with van der Waals surface area (Å²) in [6.07, 6.45) is 3.81. The van der Waals surface area contributed by atoms with Crippen molar-refractivity contribution < 1.29 is 4.90 Å². The Kier molecular flexibility index (Phi) is 1.55. The highest BCUT2D eigenvalue weighted by atomic mass is 15.4. The third kappa shape index (κ3) is 0.967. The van der Waals surface area contributed by atoms with E-state index < -0.39 is 0 Å². The van der Waals surface area contributed by atoms with Gasteiger partial charge in [0.25, 0.3) is 5.84 Å². The zero-order valence-electron chi connectivity index (χ0n) is 7.13. The van der Waals surface area contributed by atoms with Crippen LogP contribution in [0, 0.1) is 0 Å². The van der Waals surface area contributed by atoms with Crippen molar-refractivity contribution in [3.8, 4) is 0 Å². The van der Waals surface area contributed by atoms with Crippen LogP contribution in [0.3, 0.4) is 0 Å². The lowest BCUT2D eigenvalue weighted by molar-refractivity contribution is -0.671. The Labute approximate surface area is 70.6 Å². The minimum Gasteiger partial charge on any atom is -0.367 e. The molecule has 0 aliphatic carbocycles. The Morgan fingerprint density at radius 3 is 2.75 bits per heavy atom. The molecule has 0 aromatic carbocycles. The van der Waals surface area contributed by atoms with Crippen LogP contribution in [0.1, 0.15) is 12.5 Å². The largest absolute Gasteiger partial charge is 0.367 e. The third-order valence-corrected chi connectivity index (χ3v) is 2.07. The second-order valence-corrected chi connectivity index (χ2v) is 2.86. The van der Waals surface area contributed by atoms with E-state index in [0.29, 0.717) is 0 Å². The lowest BCUT2D eigenvalue weighted by Crippen LogP contribution is -3.12. The Morgan fingerprint density at radius 1 is 1.42 bits per heavy atom. The minimum absolute atomic E-state index is 0.980. The average Bonchev–Trinajstić information content (AvgIpc) is 2.64. The van der Waals surface area contributed by atoms with E-state index in [1.807, 2.05) is 32.4 Å². The van der Waals surface area contributed by atoms with Crippen molar-refractivity contribution in [2.45, 2.75) is 6.92 Å². The summed E-state index contributed by atoms with van der Waals surface area (Å²) in [5.74, 6) is 1.99. The number of nitrogens with zero attached hydrogens (tertiary/aromatic N) is 2. The van der Waals surface area contributed by atoms with E-state index in [-0.39, 0.29) is 0 Å². The SMILES string of the molecule is CC1=NN=C(c2cc[nH]c2)[NH+]1C. The first-order valence-electron chi connectivity index (χ1n) is 3.89. The van der Waals surface area contributed by atoms with Gasteiger partial charge >= 0.3 is 0 Å². The Balaban J connectivity index is 2.31. The van der Waals surface area contributed by atoms with Crippen LogP contribution >= 0.6 is 0 Å². The summed E-state index contributed by atoms with van der Waals surface area (Å²) >= 11 is 0. The summed E-state index contributed by atoms with van der Waals surface area (Å²) in [6.45, 7) is 1.97. The van der Waals surface area contributed by atoms with Gasteiger partial charge in [-0.2, -0.15) is 0 Å². The van der Waals surface area contributed by atoms with Crippen molar-refractivity contribution in [3.63, 3.8) is 0 Å². The van der Waals surface area contributed by atoms with E-state index in [1.165, 1.54) is 0 Å². The van der Waals surface area contributed by atoms with Crippen molar-refractivity contribution in [1.29, 1.82) is 0 Å². The lowest BCUT2D eigenvalue weighted by atomic mass is 10.3. The van der Waals surface area contributed by atoms with Crippen LogP contribution in [0.25, 0.3) is 0 Å². The van der Waals surface area contributed by atoms with Crippen LogP contribution < -0.4 is 4.90 Å². The van der Waals surface area contributed by atoms with Crippen LogP contribution in [0.4, 0.5) is 0 Å². The number of hydrogen-bond acceptors (Lipinski definition) is 2. The highest BCUT2D eigenvalue weighted by Crippen LogP contribution is 1.98. The number of rotatable bonds is 1. The van der Waals surface area contributed by atoms with E-state index in [4.69, 9.17) is 0 Å². The van der Waals surface area contributed by atoms with Gasteiger partial charge in [-0.3, -0.25) is 0 Å². The number of amidine groups is 2. The fourth-order valence-corrected chi connectivity index (χ4v) is 1.19. The maximum atomic E-state index is 4.09. The van der Waals surface area contributed by atoms with Gasteiger partial charge < -0.3 is 4.98 Å². The quantitative estimate of drug-likeness (QED) is 0.567. The maximum Gasteiger partial charge on any atom is 0.260 e. The summed E-state index contributed by atoms with van der Waals surface area (Å²) in [4.78, 5) is 4.16. The Morgan fingerprint density at radius 2 is 2.25 bits per heavy atom. The first kappa shape index (κ1) is 7.24. The molecule has 2 heterocycles. The monoisotopic (exact) mass is 163 g/mol. The number of quaternary nitrogens is 1. The first-order chi connectivity index (χ1) is 5.79. The molecule has 4 heteroatoms. The smallest absolute Gasteiger partial charge is 0.260 e. The molecule has 62 valence electrons. The molecule has 0 saturated heterocycles. The Hall–Kier alpha value is -1.42. The van der Waals surface area contributed by atoms with Gasteiger partial charge in [0.2, 0.25) is 5.84 Å². The van der Waals surface area contributed by atoms with Gasteiger partial charge in [0.15, 0.2) is 0 Å². The highest BCUT2D eigenvalue weighted by Gasteiger charge is 2.23. The summed E-state index contributed by atoms with van der Waals surface area (Å²) < 4.78 is 0. The fraction of sp³-hybridized carbons (Fsp3) is 0.250. The van der Waals surface area contributed by atoms with Gasteiger partial charge in [-0.05, 0) is 6.07 Å². The molecule has 0 spiro atoms. The molecule has 1 atom stereocenters. The molecule has 1 aromatic rings. The highest BCUT2D eigenvalue weighted by molar-refractivity contribution is 5.99. The van der Waals surface area contributed by atoms with Gasteiger partial charge in [0.05, 0.1) is 12.6 Å². The molecule has 12 heavy (non-hydrogen) atoms. The van der Waals surface area contributed by atoms with Crippen LogP contribution in [0.5, 0.6) is 0 Å². The van der Waals surface area contributed by atoms with Crippen molar-refractivity contribution in [2.75, 3.05) is 7.05 Å². The molecule has 4 nitrogen and oxygen atoms in total. The van der Waals surface area contributed by atoms with Gasteiger partial charge in [0, 0.05) is 19.3 Å². The molecule has 0 fully saturated rings. The van der Waals surface area contributed by atoms with Gasteiger partial charge in [0.1, 0.15) is 0 Å². The van der Waals surface area contributed by atoms with E-state index in [1.54, 1.807) is 0 Å². The molecular formula is C8H11N4+. The van der Waals surface area contributed by atoms with Crippen LogP contribution in [-0.4, -0.2) is 23.7 Å². The first-order valence-corrected chi connectivity index (χ1v) is 3.89. The number of aromatic amines is 1. The maximum absolute atomic E-state index is 4.09. The molecule has 1 aromatic heterocycles. The van der Waals surface area contributed by atoms with Crippen molar-refractivity contribution in [1.82, 2.24) is 4.98 Å². The zero-order chi connectivity index (χ0) is 8.55. The molecule has 0 saturated carbocycles. The molecule has 1 aliphatic rings.